The number of likely N-dealkylation sites (N-methyl/N-ethyl adjacent to an activating group) is 2. The Kier molecular flexibility index (Phi) is 9.48. The number of amides is 1. The van der Waals surface area contributed by atoms with E-state index in [1.54, 1.807) is 25.8 Å². The van der Waals surface area contributed by atoms with Crippen LogP contribution in [0.3, 0.4) is 0 Å². The highest BCUT2D eigenvalue weighted by Gasteiger charge is 2.33. The van der Waals surface area contributed by atoms with E-state index in [2.05, 4.69) is 4.99 Å². The minimum atomic E-state index is -0.760. The molecule has 8 nitrogen and oxygen atoms in total. The van der Waals surface area contributed by atoms with E-state index in [0.717, 1.165) is 5.96 Å². The van der Waals surface area contributed by atoms with E-state index < -0.39 is 5.54 Å². The summed E-state index contributed by atoms with van der Waals surface area (Å²) in [5.41, 5.74) is -0.760. The van der Waals surface area contributed by atoms with Gasteiger partial charge in [0.25, 0.3) is 0 Å². The molecular weight excluding hydrogens is 322 g/mol. The van der Waals surface area contributed by atoms with Gasteiger partial charge in [-0.25, -0.2) is 0 Å². The Bertz CT molecular complexity index is 465. The predicted octanol–water partition coefficient (Wildman–Crippen LogP) is 0.198. The van der Waals surface area contributed by atoms with Crippen molar-refractivity contribution in [1.82, 2.24) is 19.6 Å². The quantitative estimate of drug-likeness (QED) is 0.351. The largest absolute Gasteiger partial charge is 0.468 e. The summed E-state index contributed by atoms with van der Waals surface area (Å²) < 4.78 is 4.81. The van der Waals surface area contributed by atoms with Crippen molar-refractivity contribution in [2.75, 3.05) is 69.0 Å². The SMILES string of the molecule is COC(=O)C(C)(C)N(C)CCC(=O)N(C)CCN=C(N(C)C)N(C)C. The van der Waals surface area contributed by atoms with Crippen LogP contribution in [0.15, 0.2) is 4.99 Å². The first-order valence-electron chi connectivity index (χ1n) is 8.37. The van der Waals surface area contributed by atoms with Gasteiger partial charge >= 0.3 is 5.97 Å². The maximum Gasteiger partial charge on any atom is 0.325 e. The molecule has 0 rings (SSSR count). The highest BCUT2D eigenvalue weighted by Crippen LogP contribution is 2.14. The molecule has 0 aromatic rings. The number of nitrogens with zero attached hydrogens (tertiary/aromatic N) is 5. The number of ether oxygens (including phenoxy) is 1. The van der Waals surface area contributed by atoms with Crippen LogP contribution in [-0.2, 0) is 14.3 Å². The van der Waals surface area contributed by atoms with Crippen molar-refractivity contribution in [2.24, 2.45) is 4.99 Å². The van der Waals surface area contributed by atoms with Crippen LogP contribution in [0.1, 0.15) is 20.3 Å². The molecule has 0 saturated carbocycles. The zero-order valence-electron chi connectivity index (χ0n) is 17.3. The maximum absolute atomic E-state index is 12.3. The Balaban J connectivity index is 4.49. The lowest BCUT2D eigenvalue weighted by Crippen LogP contribution is -2.49. The molecule has 8 heteroatoms. The van der Waals surface area contributed by atoms with Crippen molar-refractivity contribution in [2.45, 2.75) is 25.8 Å². The van der Waals surface area contributed by atoms with E-state index in [1.165, 1.54) is 7.11 Å². The number of aliphatic imine (C=N–C) groups is 1. The smallest absolute Gasteiger partial charge is 0.325 e. The van der Waals surface area contributed by atoms with Gasteiger partial charge in [-0.2, -0.15) is 0 Å². The second-order valence-electron chi connectivity index (χ2n) is 7.01. The highest BCUT2D eigenvalue weighted by molar-refractivity contribution is 5.80. The van der Waals surface area contributed by atoms with Crippen LogP contribution in [-0.4, -0.2) is 112 Å². The van der Waals surface area contributed by atoms with Gasteiger partial charge in [-0.1, -0.05) is 0 Å². The molecule has 146 valence electrons. The van der Waals surface area contributed by atoms with Crippen LogP contribution < -0.4 is 0 Å². The molecule has 0 N–H and O–H groups in total. The van der Waals surface area contributed by atoms with Gasteiger partial charge in [-0.15, -0.1) is 0 Å². The molecule has 0 aromatic carbocycles. The number of esters is 1. The summed E-state index contributed by atoms with van der Waals surface area (Å²) in [6.07, 6.45) is 0.339. The lowest BCUT2D eigenvalue weighted by atomic mass is 10.0. The van der Waals surface area contributed by atoms with E-state index in [0.29, 0.717) is 26.1 Å². The number of hydrogen-bond donors (Lipinski definition) is 0. The summed E-state index contributed by atoms with van der Waals surface area (Å²) in [6, 6.07) is 0. The fraction of sp³-hybridized carbons (Fsp3) is 0.824. The van der Waals surface area contributed by atoms with Crippen LogP contribution in [0.2, 0.25) is 0 Å². The Morgan fingerprint density at radius 1 is 0.960 bits per heavy atom. The normalized spacial score (nSPS) is 11.1. The van der Waals surface area contributed by atoms with Crippen LogP contribution in [0.5, 0.6) is 0 Å². The second kappa shape index (κ2) is 10.2. The van der Waals surface area contributed by atoms with Gasteiger partial charge in [0.15, 0.2) is 5.96 Å². The van der Waals surface area contributed by atoms with Gasteiger partial charge in [-0.05, 0) is 20.9 Å². The molecule has 0 heterocycles. The van der Waals surface area contributed by atoms with Gasteiger partial charge in [0, 0.05) is 54.7 Å². The molecule has 0 aromatic heterocycles. The molecule has 0 fully saturated rings. The summed E-state index contributed by atoms with van der Waals surface area (Å²) in [6.45, 7) is 5.14. The van der Waals surface area contributed by atoms with Crippen LogP contribution >= 0.6 is 0 Å². The highest BCUT2D eigenvalue weighted by atomic mass is 16.5. The zero-order chi connectivity index (χ0) is 19.8. The van der Waals surface area contributed by atoms with E-state index in [-0.39, 0.29) is 11.9 Å². The van der Waals surface area contributed by atoms with E-state index >= 15 is 0 Å². The lowest BCUT2D eigenvalue weighted by molar-refractivity contribution is -0.152. The Labute approximate surface area is 152 Å². The molecule has 0 bridgehead atoms. The van der Waals surface area contributed by atoms with Gasteiger partial charge in [0.2, 0.25) is 5.91 Å². The summed E-state index contributed by atoms with van der Waals surface area (Å²) in [4.78, 5) is 36.0. The van der Waals surface area contributed by atoms with Crippen molar-refractivity contribution < 1.29 is 14.3 Å². The van der Waals surface area contributed by atoms with Crippen LogP contribution in [0, 0.1) is 0 Å². The van der Waals surface area contributed by atoms with Gasteiger partial charge in [0.1, 0.15) is 5.54 Å². The number of methoxy groups -OCH3 is 1. The van der Waals surface area contributed by atoms with Crippen LogP contribution in [0.4, 0.5) is 0 Å². The first kappa shape index (κ1) is 23.2. The Morgan fingerprint density at radius 3 is 1.92 bits per heavy atom. The third-order valence-electron chi connectivity index (χ3n) is 4.21. The molecule has 1 amide bonds. The standard InChI is InChI=1S/C17H35N5O3/c1-17(2,15(24)25-9)22(8)12-10-14(23)21(7)13-11-18-16(19(3)4)20(5)6/h10-13H2,1-9H3. The van der Waals surface area contributed by atoms with Gasteiger partial charge in [-0.3, -0.25) is 19.5 Å². The van der Waals surface area contributed by atoms with Crippen molar-refractivity contribution in [3.8, 4) is 0 Å². The van der Waals surface area contributed by atoms with Crippen molar-refractivity contribution in [3.05, 3.63) is 0 Å². The number of guanidine groups is 1. The van der Waals surface area contributed by atoms with Crippen molar-refractivity contribution in [1.29, 1.82) is 0 Å². The van der Waals surface area contributed by atoms with Crippen LogP contribution in [0.25, 0.3) is 0 Å². The van der Waals surface area contributed by atoms with Crippen molar-refractivity contribution in [3.63, 3.8) is 0 Å². The average Bonchev–Trinajstić information content (AvgIpc) is 2.53. The van der Waals surface area contributed by atoms with E-state index in [1.807, 2.05) is 49.9 Å². The monoisotopic (exact) mass is 357 g/mol. The molecule has 0 unspecified atom stereocenters. The summed E-state index contributed by atoms with van der Waals surface area (Å²) >= 11 is 0. The molecule has 0 aliphatic carbocycles. The molecule has 0 aliphatic heterocycles. The summed E-state index contributed by atoms with van der Waals surface area (Å²) in [5, 5.41) is 0. The number of carbonyl (C=O) groups excluding carboxylic acids is 2. The Hall–Kier alpha value is -1.83. The molecule has 0 radical (unpaired) electrons. The third-order valence-corrected chi connectivity index (χ3v) is 4.21. The minimum Gasteiger partial charge on any atom is -0.468 e. The van der Waals surface area contributed by atoms with E-state index in [9.17, 15) is 9.59 Å². The molecule has 25 heavy (non-hydrogen) atoms. The lowest BCUT2D eigenvalue weighted by Gasteiger charge is -2.32. The molecule has 0 aliphatic rings. The first-order chi connectivity index (χ1) is 11.4. The minimum absolute atomic E-state index is 0.0268. The maximum atomic E-state index is 12.3. The van der Waals surface area contributed by atoms with Crippen molar-refractivity contribution >= 4 is 17.8 Å². The number of carbonyl (C=O) groups is 2. The molecule has 0 spiro atoms. The number of rotatable bonds is 8. The van der Waals surface area contributed by atoms with Gasteiger partial charge < -0.3 is 19.4 Å². The topological polar surface area (TPSA) is 68.7 Å². The zero-order valence-corrected chi connectivity index (χ0v) is 17.3. The molecule has 0 atom stereocenters. The first-order valence-corrected chi connectivity index (χ1v) is 8.37. The van der Waals surface area contributed by atoms with Gasteiger partial charge in [0.05, 0.1) is 13.7 Å². The fourth-order valence-electron chi connectivity index (χ4n) is 2.25. The Morgan fingerprint density at radius 2 is 1.48 bits per heavy atom. The second-order valence-corrected chi connectivity index (χ2v) is 7.01. The predicted molar refractivity (Wildman–Crippen MR) is 101 cm³/mol. The average molecular weight is 357 g/mol. The fourth-order valence-corrected chi connectivity index (χ4v) is 2.25. The number of hydrogen-bond acceptors (Lipinski definition) is 5. The molecule has 0 saturated heterocycles. The summed E-state index contributed by atoms with van der Waals surface area (Å²) in [5.74, 6) is 0.574. The van der Waals surface area contributed by atoms with E-state index in [4.69, 9.17) is 4.74 Å². The summed E-state index contributed by atoms with van der Waals surface area (Å²) in [7, 11) is 12.7. The molecular formula is C17H35N5O3. The third kappa shape index (κ3) is 7.29.